The molecule has 1 rings (SSSR count). The molecular formula is C15H22. The monoisotopic (exact) mass is 202 g/mol. The van der Waals surface area contributed by atoms with Crippen molar-refractivity contribution in [3.63, 3.8) is 0 Å². The highest BCUT2D eigenvalue weighted by Crippen LogP contribution is 2.21. The number of hydrogen-bond acceptors (Lipinski definition) is 0. The Labute approximate surface area is 94.0 Å². The molecular weight excluding hydrogens is 180 g/mol. The van der Waals surface area contributed by atoms with Crippen LogP contribution >= 0.6 is 0 Å². The first-order valence-corrected chi connectivity index (χ1v) is 6.10. The quantitative estimate of drug-likeness (QED) is 0.640. The zero-order valence-electron chi connectivity index (χ0n) is 10.2. The lowest BCUT2D eigenvalue weighted by Crippen LogP contribution is -1.86. The van der Waals surface area contributed by atoms with Crippen LogP contribution in [0.15, 0.2) is 30.3 Å². The third kappa shape index (κ3) is 3.54. The lowest BCUT2D eigenvalue weighted by Gasteiger charge is -2.07. The molecule has 1 aromatic rings. The Morgan fingerprint density at radius 1 is 1.07 bits per heavy atom. The van der Waals surface area contributed by atoms with Gasteiger partial charge < -0.3 is 0 Å². The van der Waals surface area contributed by atoms with Crippen molar-refractivity contribution < 1.29 is 0 Å². The maximum Gasteiger partial charge on any atom is -0.0228 e. The van der Waals surface area contributed by atoms with Crippen LogP contribution in [0.3, 0.4) is 0 Å². The zero-order valence-corrected chi connectivity index (χ0v) is 10.2. The Bertz CT molecular complexity index is 303. The van der Waals surface area contributed by atoms with E-state index in [1.165, 1.54) is 29.5 Å². The van der Waals surface area contributed by atoms with Gasteiger partial charge in [0, 0.05) is 0 Å². The standard InChI is InChI=1S/C15H22/c1-4-7-14(8-5-2)15-11-9-13(6-3)10-12-15/h7,9-12H,4-6,8H2,1-3H3. The van der Waals surface area contributed by atoms with E-state index in [0.29, 0.717) is 0 Å². The van der Waals surface area contributed by atoms with Gasteiger partial charge in [-0.2, -0.15) is 0 Å². The fourth-order valence-corrected chi connectivity index (χ4v) is 1.83. The minimum atomic E-state index is 1.13. The molecule has 0 unspecified atom stereocenters. The van der Waals surface area contributed by atoms with Crippen LogP contribution in [0.2, 0.25) is 0 Å². The number of benzene rings is 1. The summed E-state index contributed by atoms with van der Waals surface area (Å²) in [7, 11) is 0. The molecule has 0 aliphatic rings. The molecule has 0 aromatic heterocycles. The number of allylic oxidation sites excluding steroid dienone is 2. The van der Waals surface area contributed by atoms with Crippen LogP contribution in [0.1, 0.15) is 51.2 Å². The fourth-order valence-electron chi connectivity index (χ4n) is 1.83. The predicted octanol–water partition coefficient (Wildman–Crippen LogP) is 4.84. The van der Waals surface area contributed by atoms with E-state index in [4.69, 9.17) is 0 Å². The highest BCUT2D eigenvalue weighted by atomic mass is 14.0. The molecule has 0 bridgehead atoms. The minimum Gasteiger partial charge on any atom is -0.0810 e. The molecule has 0 atom stereocenters. The van der Waals surface area contributed by atoms with Gasteiger partial charge in [-0.1, -0.05) is 57.5 Å². The van der Waals surface area contributed by atoms with Gasteiger partial charge in [-0.05, 0) is 36.0 Å². The molecule has 0 radical (unpaired) electrons. The van der Waals surface area contributed by atoms with Crippen molar-refractivity contribution in [2.75, 3.05) is 0 Å². The van der Waals surface area contributed by atoms with E-state index in [0.717, 1.165) is 12.8 Å². The molecule has 0 aliphatic carbocycles. The average molecular weight is 202 g/mol. The Hall–Kier alpha value is -1.04. The second kappa shape index (κ2) is 6.44. The minimum absolute atomic E-state index is 1.13. The van der Waals surface area contributed by atoms with E-state index < -0.39 is 0 Å². The van der Waals surface area contributed by atoms with E-state index >= 15 is 0 Å². The van der Waals surface area contributed by atoms with Crippen molar-refractivity contribution in [1.29, 1.82) is 0 Å². The van der Waals surface area contributed by atoms with Crippen molar-refractivity contribution in [2.45, 2.75) is 46.5 Å². The van der Waals surface area contributed by atoms with E-state index in [1.807, 2.05) is 0 Å². The molecule has 0 N–H and O–H groups in total. The van der Waals surface area contributed by atoms with E-state index in [1.54, 1.807) is 0 Å². The topological polar surface area (TPSA) is 0 Å². The molecule has 0 nitrogen and oxygen atoms in total. The van der Waals surface area contributed by atoms with Gasteiger partial charge in [-0.3, -0.25) is 0 Å². The summed E-state index contributed by atoms with van der Waals surface area (Å²) in [5.41, 5.74) is 4.32. The summed E-state index contributed by atoms with van der Waals surface area (Å²) < 4.78 is 0. The average Bonchev–Trinajstić information content (AvgIpc) is 2.29. The Morgan fingerprint density at radius 2 is 1.73 bits per heavy atom. The largest absolute Gasteiger partial charge is 0.0810 e. The second-order valence-electron chi connectivity index (χ2n) is 3.94. The number of hydrogen-bond donors (Lipinski definition) is 0. The highest BCUT2D eigenvalue weighted by molar-refractivity contribution is 5.65. The summed E-state index contributed by atoms with van der Waals surface area (Å²) in [6, 6.07) is 9.01. The first kappa shape index (κ1) is 12.0. The first-order valence-electron chi connectivity index (χ1n) is 6.10. The van der Waals surface area contributed by atoms with Gasteiger partial charge in [-0.15, -0.1) is 0 Å². The third-order valence-corrected chi connectivity index (χ3v) is 2.70. The summed E-state index contributed by atoms with van der Waals surface area (Å²) >= 11 is 0. The third-order valence-electron chi connectivity index (χ3n) is 2.70. The number of rotatable bonds is 5. The molecule has 0 amide bonds. The Morgan fingerprint density at radius 3 is 2.20 bits per heavy atom. The maximum absolute atomic E-state index is 2.35. The molecule has 1 aromatic carbocycles. The number of aryl methyl sites for hydroxylation is 1. The lowest BCUT2D eigenvalue weighted by molar-refractivity contribution is 0.967. The molecule has 0 heteroatoms. The van der Waals surface area contributed by atoms with Crippen LogP contribution in [0.4, 0.5) is 0 Å². The fraction of sp³-hybridized carbons (Fsp3) is 0.467. The van der Waals surface area contributed by atoms with Gasteiger partial charge in [0.1, 0.15) is 0 Å². The van der Waals surface area contributed by atoms with Crippen molar-refractivity contribution in [1.82, 2.24) is 0 Å². The van der Waals surface area contributed by atoms with Crippen molar-refractivity contribution in [2.24, 2.45) is 0 Å². The zero-order chi connectivity index (χ0) is 11.1. The van der Waals surface area contributed by atoms with Gasteiger partial charge in [-0.25, -0.2) is 0 Å². The van der Waals surface area contributed by atoms with Crippen LogP contribution < -0.4 is 0 Å². The molecule has 0 saturated heterocycles. The SMILES string of the molecule is CCC=C(CCC)c1ccc(CC)cc1. The molecule has 82 valence electrons. The molecule has 0 fully saturated rings. The lowest BCUT2D eigenvalue weighted by atomic mass is 9.99. The summed E-state index contributed by atoms with van der Waals surface area (Å²) in [5, 5.41) is 0. The first-order chi connectivity index (χ1) is 7.31. The normalized spacial score (nSPS) is 11.8. The van der Waals surface area contributed by atoms with Crippen LogP contribution in [0.5, 0.6) is 0 Å². The van der Waals surface area contributed by atoms with Crippen molar-refractivity contribution in [3.8, 4) is 0 Å². The van der Waals surface area contributed by atoms with Gasteiger partial charge in [0.2, 0.25) is 0 Å². The summed E-state index contributed by atoms with van der Waals surface area (Å²) in [4.78, 5) is 0. The van der Waals surface area contributed by atoms with Gasteiger partial charge >= 0.3 is 0 Å². The van der Waals surface area contributed by atoms with Gasteiger partial charge in [0.05, 0.1) is 0 Å². The molecule has 0 saturated carbocycles. The molecule has 0 aliphatic heterocycles. The van der Waals surface area contributed by atoms with Crippen LogP contribution in [0.25, 0.3) is 5.57 Å². The molecule has 0 heterocycles. The highest BCUT2D eigenvalue weighted by Gasteiger charge is 1.99. The summed E-state index contributed by atoms with van der Waals surface area (Å²) in [6.07, 6.45) is 7.02. The van der Waals surface area contributed by atoms with Crippen LogP contribution in [0, 0.1) is 0 Å². The Kier molecular flexibility index (Phi) is 5.17. The van der Waals surface area contributed by atoms with Gasteiger partial charge in [0.25, 0.3) is 0 Å². The predicted molar refractivity (Wildman–Crippen MR) is 69.0 cm³/mol. The molecule has 15 heavy (non-hydrogen) atoms. The summed E-state index contributed by atoms with van der Waals surface area (Å²) in [6.45, 7) is 6.64. The van der Waals surface area contributed by atoms with Crippen LogP contribution in [-0.2, 0) is 6.42 Å². The maximum atomic E-state index is 2.35. The van der Waals surface area contributed by atoms with Gasteiger partial charge in [0.15, 0.2) is 0 Å². The van der Waals surface area contributed by atoms with E-state index in [2.05, 4.69) is 51.1 Å². The van der Waals surface area contributed by atoms with E-state index in [-0.39, 0.29) is 0 Å². The Balaban J connectivity index is 2.86. The second-order valence-corrected chi connectivity index (χ2v) is 3.94. The van der Waals surface area contributed by atoms with E-state index in [9.17, 15) is 0 Å². The van der Waals surface area contributed by atoms with Crippen LogP contribution in [-0.4, -0.2) is 0 Å². The smallest absolute Gasteiger partial charge is 0.0228 e. The van der Waals surface area contributed by atoms with Crippen molar-refractivity contribution in [3.05, 3.63) is 41.5 Å². The van der Waals surface area contributed by atoms with Crippen molar-refractivity contribution >= 4 is 5.57 Å². The summed E-state index contributed by atoms with van der Waals surface area (Å²) in [5.74, 6) is 0. The molecule has 0 spiro atoms.